The summed E-state index contributed by atoms with van der Waals surface area (Å²) >= 11 is 0. The summed E-state index contributed by atoms with van der Waals surface area (Å²) in [4.78, 5) is 15.3. The van der Waals surface area contributed by atoms with Crippen molar-refractivity contribution in [3.05, 3.63) is 47.5 Å². The number of hydrogen-bond donors (Lipinski definition) is 2. The van der Waals surface area contributed by atoms with Crippen LogP contribution in [0.3, 0.4) is 0 Å². The number of rotatable bonds is 3. The quantitative estimate of drug-likeness (QED) is 0.828. The van der Waals surface area contributed by atoms with Gasteiger partial charge in [0.2, 0.25) is 0 Å². The van der Waals surface area contributed by atoms with Crippen LogP contribution in [0.1, 0.15) is 12.0 Å². The van der Waals surface area contributed by atoms with Gasteiger partial charge in [0.15, 0.2) is 0 Å². The second-order valence-corrected chi connectivity index (χ2v) is 5.70. The largest absolute Gasteiger partial charge is 0.465 e. The number of fused-ring (bicyclic) bond motifs is 2. The van der Waals surface area contributed by atoms with Gasteiger partial charge in [0.05, 0.1) is 18.7 Å². The third-order valence-electron chi connectivity index (χ3n) is 4.35. The maximum atomic E-state index is 11.4. The Kier molecular flexibility index (Phi) is 3.94. The number of hydrogen-bond acceptors (Lipinski definition) is 3. The molecule has 1 aromatic rings. The first-order valence-electron chi connectivity index (χ1n) is 7.26. The van der Waals surface area contributed by atoms with E-state index < -0.39 is 6.09 Å². The molecule has 3 rings (SSSR count). The van der Waals surface area contributed by atoms with Crippen LogP contribution in [-0.2, 0) is 6.54 Å². The number of nitrogens with zero attached hydrogens (tertiary/aromatic N) is 2. The lowest BCUT2D eigenvalue weighted by Gasteiger charge is -2.39. The van der Waals surface area contributed by atoms with Crippen molar-refractivity contribution >= 4 is 6.09 Å². The second kappa shape index (κ2) is 5.87. The van der Waals surface area contributed by atoms with Gasteiger partial charge in [0.25, 0.3) is 0 Å². The number of amides is 1. The SMILES string of the molecule is O=C(O)N1[C@@H]2CC(=CCO)[C@H]1CN(Cc1ccccc1)C2. The van der Waals surface area contributed by atoms with Crippen molar-refractivity contribution in [1.82, 2.24) is 9.80 Å². The highest BCUT2D eigenvalue weighted by atomic mass is 16.4. The van der Waals surface area contributed by atoms with Gasteiger partial charge in [-0.25, -0.2) is 4.79 Å². The van der Waals surface area contributed by atoms with E-state index in [1.165, 1.54) is 5.56 Å². The van der Waals surface area contributed by atoms with E-state index in [0.29, 0.717) is 6.54 Å². The lowest BCUT2D eigenvalue weighted by Crippen LogP contribution is -2.55. The first-order chi connectivity index (χ1) is 10.2. The van der Waals surface area contributed by atoms with Gasteiger partial charge in [-0.2, -0.15) is 0 Å². The minimum absolute atomic E-state index is 0.00256. The maximum Gasteiger partial charge on any atom is 0.408 e. The molecule has 1 amide bonds. The highest BCUT2D eigenvalue weighted by Gasteiger charge is 2.45. The van der Waals surface area contributed by atoms with Gasteiger partial charge in [-0.15, -0.1) is 0 Å². The van der Waals surface area contributed by atoms with Crippen LogP contribution in [0.2, 0.25) is 0 Å². The van der Waals surface area contributed by atoms with E-state index in [0.717, 1.165) is 25.1 Å². The summed E-state index contributed by atoms with van der Waals surface area (Å²) in [5, 5.41) is 18.5. The fraction of sp³-hybridized carbons (Fsp3) is 0.438. The molecule has 0 aromatic heterocycles. The molecular formula is C16H20N2O3. The van der Waals surface area contributed by atoms with Crippen molar-refractivity contribution in [2.75, 3.05) is 19.7 Å². The van der Waals surface area contributed by atoms with Gasteiger partial charge in [-0.1, -0.05) is 36.4 Å². The summed E-state index contributed by atoms with van der Waals surface area (Å²) in [6.45, 7) is 2.27. The first kappa shape index (κ1) is 14.1. The normalized spacial score (nSPS) is 27.3. The molecule has 5 heteroatoms. The van der Waals surface area contributed by atoms with Crippen LogP contribution in [0.15, 0.2) is 42.0 Å². The topological polar surface area (TPSA) is 64.0 Å². The monoisotopic (exact) mass is 288 g/mol. The third-order valence-corrected chi connectivity index (χ3v) is 4.35. The third kappa shape index (κ3) is 2.80. The minimum atomic E-state index is -0.856. The molecule has 0 spiro atoms. The van der Waals surface area contributed by atoms with Crippen LogP contribution in [0.4, 0.5) is 4.79 Å². The Hall–Kier alpha value is -1.85. The van der Waals surface area contributed by atoms with Crippen molar-refractivity contribution < 1.29 is 15.0 Å². The highest BCUT2D eigenvalue weighted by Crippen LogP contribution is 2.34. The van der Waals surface area contributed by atoms with Crippen LogP contribution in [0.5, 0.6) is 0 Å². The van der Waals surface area contributed by atoms with E-state index in [2.05, 4.69) is 17.0 Å². The first-order valence-corrected chi connectivity index (χ1v) is 7.26. The van der Waals surface area contributed by atoms with Crippen LogP contribution in [0.25, 0.3) is 0 Å². The number of piperazine rings is 1. The fourth-order valence-corrected chi connectivity index (χ4v) is 3.51. The van der Waals surface area contributed by atoms with E-state index in [-0.39, 0.29) is 18.7 Å². The Morgan fingerprint density at radius 1 is 1.29 bits per heavy atom. The molecule has 2 aliphatic heterocycles. The molecule has 2 fully saturated rings. The molecule has 1 aromatic carbocycles. The lowest BCUT2D eigenvalue weighted by molar-refractivity contribution is 0.0629. The molecule has 0 unspecified atom stereocenters. The molecule has 2 N–H and O–H groups in total. The zero-order chi connectivity index (χ0) is 14.8. The lowest BCUT2D eigenvalue weighted by atomic mass is 10.1. The molecule has 0 saturated carbocycles. The van der Waals surface area contributed by atoms with Crippen molar-refractivity contribution in [3.63, 3.8) is 0 Å². The molecule has 0 aliphatic carbocycles. The molecule has 112 valence electrons. The summed E-state index contributed by atoms with van der Waals surface area (Å²) in [5.74, 6) is 0. The Balaban J connectivity index is 1.76. The predicted molar refractivity (Wildman–Crippen MR) is 78.9 cm³/mol. The molecule has 21 heavy (non-hydrogen) atoms. The van der Waals surface area contributed by atoms with Gasteiger partial charge in [-0.3, -0.25) is 9.80 Å². The Bertz CT molecular complexity index is 544. The van der Waals surface area contributed by atoms with Crippen LogP contribution in [-0.4, -0.2) is 57.9 Å². The molecule has 2 bridgehead atoms. The zero-order valence-corrected chi connectivity index (χ0v) is 11.9. The van der Waals surface area contributed by atoms with E-state index in [1.807, 2.05) is 18.2 Å². The maximum absolute atomic E-state index is 11.4. The van der Waals surface area contributed by atoms with Gasteiger partial charge < -0.3 is 10.2 Å². The second-order valence-electron chi connectivity index (χ2n) is 5.70. The molecule has 2 saturated heterocycles. The van der Waals surface area contributed by atoms with E-state index in [9.17, 15) is 9.90 Å². The summed E-state index contributed by atoms with van der Waals surface area (Å²) < 4.78 is 0. The Labute approximate surface area is 124 Å². The highest BCUT2D eigenvalue weighted by molar-refractivity contribution is 5.68. The summed E-state index contributed by atoms with van der Waals surface area (Å²) in [6, 6.07) is 10.1. The zero-order valence-electron chi connectivity index (χ0n) is 11.9. The van der Waals surface area contributed by atoms with Gasteiger partial charge in [0, 0.05) is 19.6 Å². The number of carbonyl (C=O) groups is 1. The van der Waals surface area contributed by atoms with Crippen LogP contribution >= 0.6 is 0 Å². The van der Waals surface area contributed by atoms with Crippen molar-refractivity contribution in [3.8, 4) is 0 Å². The molecule has 2 atom stereocenters. The molecular weight excluding hydrogens is 268 g/mol. The van der Waals surface area contributed by atoms with Crippen molar-refractivity contribution in [2.24, 2.45) is 0 Å². The molecule has 5 nitrogen and oxygen atoms in total. The molecule has 0 radical (unpaired) electrons. The number of aliphatic hydroxyl groups excluding tert-OH is 1. The van der Waals surface area contributed by atoms with Gasteiger partial charge >= 0.3 is 6.09 Å². The van der Waals surface area contributed by atoms with E-state index in [1.54, 1.807) is 11.0 Å². The number of benzene rings is 1. The summed E-state index contributed by atoms with van der Waals surface area (Å²) in [7, 11) is 0. The number of carboxylic acid groups (broad SMARTS) is 1. The predicted octanol–water partition coefficient (Wildman–Crippen LogP) is 1.54. The Morgan fingerprint density at radius 3 is 2.71 bits per heavy atom. The van der Waals surface area contributed by atoms with Crippen LogP contribution < -0.4 is 0 Å². The number of likely N-dealkylation sites (tertiary alicyclic amines) is 1. The standard InChI is InChI=1S/C16H20N2O3/c19-7-6-13-8-14-10-17(9-12-4-2-1-3-5-12)11-15(13)18(14)16(20)21/h1-6,14-15,19H,7-11H2,(H,20,21)/t14-,15-/m1/s1. The average molecular weight is 288 g/mol. The Morgan fingerprint density at radius 2 is 2.05 bits per heavy atom. The van der Waals surface area contributed by atoms with Crippen molar-refractivity contribution in [1.29, 1.82) is 0 Å². The summed E-state index contributed by atoms with van der Waals surface area (Å²) in [5.41, 5.74) is 2.30. The summed E-state index contributed by atoms with van der Waals surface area (Å²) in [6.07, 6.45) is 1.65. The van der Waals surface area contributed by atoms with E-state index >= 15 is 0 Å². The smallest absolute Gasteiger partial charge is 0.408 e. The number of aliphatic hydroxyl groups is 1. The average Bonchev–Trinajstić information content (AvgIpc) is 2.69. The van der Waals surface area contributed by atoms with Crippen LogP contribution in [0, 0.1) is 0 Å². The van der Waals surface area contributed by atoms with E-state index in [4.69, 9.17) is 5.11 Å². The molecule has 2 aliphatic rings. The minimum Gasteiger partial charge on any atom is -0.465 e. The van der Waals surface area contributed by atoms with Crippen molar-refractivity contribution in [2.45, 2.75) is 25.0 Å². The molecule has 2 heterocycles. The fourth-order valence-electron chi connectivity index (χ4n) is 3.51. The van der Waals surface area contributed by atoms with Gasteiger partial charge in [0.1, 0.15) is 0 Å². The van der Waals surface area contributed by atoms with Gasteiger partial charge in [-0.05, 0) is 17.6 Å².